The van der Waals surface area contributed by atoms with E-state index in [2.05, 4.69) is 15.3 Å². The molecule has 38 heavy (non-hydrogen) atoms. The number of halogens is 4. The fourth-order valence-electron chi connectivity index (χ4n) is 4.74. The molecule has 5 rings (SSSR count). The Morgan fingerprint density at radius 2 is 1.84 bits per heavy atom. The lowest BCUT2D eigenvalue weighted by Crippen LogP contribution is -2.40. The van der Waals surface area contributed by atoms with Gasteiger partial charge >= 0.3 is 6.09 Å². The molecule has 1 aliphatic heterocycles. The van der Waals surface area contributed by atoms with Crippen LogP contribution in [0.2, 0.25) is 4.47 Å². The molecule has 1 aliphatic carbocycles. The van der Waals surface area contributed by atoms with Crippen molar-refractivity contribution in [1.29, 1.82) is 0 Å². The third kappa shape index (κ3) is 5.14. The third-order valence-electron chi connectivity index (χ3n) is 6.77. The fourth-order valence-corrected chi connectivity index (χ4v) is 5.83. The summed E-state index contributed by atoms with van der Waals surface area (Å²) >= 11 is 6.51. The van der Waals surface area contributed by atoms with E-state index in [4.69, 9.17) is 16.3 Å². The maximum atomic E-state index is 13.5. The number of ether oxygens (including phenoxy) is 1. The molecule has 2 amide bonds. The number of piperidine rings is 1. The van der Waals surface area contributed by atoms with E-state index >= 15 is 0 Å². The zero-order valence-electron chi connectivity index (χ0n) is 20.1. The smallest absolute Gasteiger partial charge is 0.405 e. The van der Waals surface area contributed by atoms with Crippen LogP contribution in [0.15, 0.2) is 36.4 Å². The van der Waals surface area contributed by atoms with Crippen LogP contribution in [0.5, 0.6) is 5.88 Å². The van der Waals surface area contributed by atoms with Crippen LogP contribution in [0.4, 0.5) is 18.0 Å². The lowest BCUT2D eigenvalue weighted by Gasteiger charge is -2.26. The van der Waals surface area contributed by atoms with Gasteiger partial charge in [0.1, 0.15) is 22.5 Å². The fraction of sp³-hybridized carbons (Fsp3) is 0.360. The van der Waals surface area contributed by atoms with Crippen molar-refractivity contribution in [2.75, 3.05) is 13.1 Å². The summed E-state index contributed by atoms with van der Waals surface area (Å²) < 4.78 is 46.1. The number of pyridine rings is 1. The Morgan fingerprint density at radius 3 is 2.45 bits per heavy atom. The minimum atomic E-state index is -2.90. The molecule has 200 valence electrons. The number of rotatable bonds is 7. The lowest BCUT2D eigenvalue weighted by atomic mass is 9.93. The molecule has 0 bridgehead atoms. The van der Waals surface area contributed by atoms with Gasteiger partial charge in [0.05, 0.1) is 11.2 Å². The number of likely N-dealkylation sites (tertiary alicyclic amines) is 1. The molecule has 1 saturated heterocycles. The van der Waals surface area contributed by atoms with Crippen molar-refractivity contribution in [3.8, 4) is 17.1 Å². The summed E-state index contributed by atoms with van der Waals surface area (Å²) in [7, 11) is 0. The maximum Gasteiger partial charge on any atom is 0.405 e. The van der Waals surface area contributed by atoms with Gasteiger partial charge < -0.3 is 20.1 Å². The molecule has 3 aromatic rings. The Kier molecular flexibility index (Phi) is 6.72. The van der Waals surface area contributed by atoms with E-state index in [1.54, 1.807) is 38.1 Å². The highest BCUT2D eigenvalue weighted by Gasteiger charge is 2.59. The summed E-state index contributed by atoms with van der Waals surface area (Å²) in [5.74, 6) is -0.700. The summed E-state index contributed by atoms with van der Waals surface area (Å²) in [5.41, 5.74) is 0.0960. The second-order valence-electron chi connectivity index (χ2n) is 9.74. The largest absolute Gasteiger partial charge is 0.474 e. The van der Waals surface area contributed by atoms with E-state index in [9.17, 15) is 27.9 Å². The van der Waals surface area contributed by atoms with Crippen molar-refractivity contribution in [3.05, 3.63) is 62.8 Å². The number of carbonyl (C=O) groups is 2. The average Bonchev–Trinajstić information content (AvgIpc) is 3.17. The van der Waals surface area contributed by atoms with Crippen molar-refractivity contribution >= 4 is 34.9 Å². The minimum Gasteiger partial charge on any atom is -0.474 e. The van der Waals surface area contributed by atoms with Gasteiger partial charge in [-0.3, -0.25) is 4.79 Å². The third-order valence-corrected chi connectivity index (χ3v) is 7.93. The minimum absolute atomic E-state index is 0.0118. The quantitative estimate of drug-likeness (QED) is 0.386. The SMILES string of the molecule is CC(C)(NC(=O)O)c1cc(O[C@@H]2[C@@H]3CN(C(=O)c4sc(Cl)nc4C(F)F)C[C@@H]32)nc(-c2ccc(F)cc2)c1. The number of amides is 2. The first-order valence-electron chi connectivity index (χ1n) is 11.6. The van der Waals surface area contributed by atoms with Crippen molar-refractivity contribution in [2.45, 2.75) is 31.9 Å². The van der Waals surface area contributed by atoms with E-state index in [-0.39, 0.29) is 33.2 Å². The van der Waals surface area contributed by atoms with Crippen LogP contribution in [-0.2, 0) is 5.54 Å². The van der Waals surface area contributed by atoms with Crippen LogP contribution in [0.1, 0.15) is 41.2 Å². The molecule has 2 fully saturated rings. The van der Waals surface area contributed by atoms with Crippen molar-refractivity contribution in [3.63, 3.8) is 0 Å². The molecule has 1 aromatic carbocycles. The van der Waals surface area contributed by atoms with E-state index in [0.29, 0.717) is 29.9 Å². The van der Waals surface area contributed by atoms with Crippen molar-refractivity contribution in [2.24, 2.45) is 11.8 Å². The van der Waals surface area contributed by atoms with Gasteiger partial charge in [0.2, 0.25) is 5.88 Å². The number of hydrogen-bond acceptors (Lipinski definition) is 6. The predicted octanol–water partition coefficient (Wildman–Crippen LogP) is 5.59. The zero-order chi connectivity index (χ0) is 27.4. The zero-order valence-corrected chi connectivity index (χ0v) is 21.7. The second-order valence-corrected chi connectivity index (χ2v) is 11.3. The van der Waals surface area contributed by atoms with E-state index in [0.717, 1.165) is 11.3 Å². The molecule has 2 N–H and O–H groups in total. The molecule has 2 aliphatic rings. The van der Waals surface area contributed by atoms with Gasteiger partial charge in [0, 0.05) is 36.6 Å². The molecular formula is C25H22ClF3N4O4S. The maximum absolute atomic E-state index is 13.5. The highest BCUT2D eigenvalue weighted by Crippen LogP contribution is 2.49. The topological polar surface area (TPSA) is 105 Å². The number of aromatic nitrogens is 2. The Hall–Kier alpha value is -3.38. The van der Waals surface area contributed by atoms with Gasteiger partial charge in [0.25, 0.3) is 12.3 Å². The van der Waals surface area contributed by atoms with Crippen LogP contribution in [0, 0.1) is 17.7 Å². The monoisotopic (exact) mass is 566 g/mol. The summed E-state index contributed by atoms with van der Waals surface area (Å²) in [6.07, 6.45) is -4.35. The van der Waals surface area contributed by atoms with Crippen LogP contribution in [-0.4, -0.2) is 51.2 Å². The van der Waals surface area contributed by atoms with Crippen LogP contribution >= 0.6 is 22.9 Å². The van der Waals surface area contributed by atoms with Crippen LogP contribution in [0.3, 0.4) is 0 Å². The Morgan fingerprint density at radius 1 is 1.18 bits per heavy atom. The summed E-state index contributed by atoms with van der Waals surface area (Å²) in [5, 5.41) is 11.7. The van der Waals surface area contributed by atoms with E-state index < -0.39 is 35.5 Å². The molecule has 0 radical (unpaired) electrons. The van der Waals surface area contributed by atoms with Crippen LogP contribution in [0.25, 0.3) is 11.3 Å². The predicted molar refractivity (Wildman–Crippen MR) is 133 cm³/mol. The number of benzene rings is 1. The molecule has 13 heteroatoms. The molecule has 0 unspecified atom stereocenters. The first-order chi connectivity index (χ1) is 17.9. The molecular weight excluding hydrogens is 545 g/mol. The number of nitrogens with zero attached hydrogens (tertiary/aromatic N) is 3. The number of hydrogen-bond donors (Lipinski definition) is 2. The summed E-state index contributed by atoms with van der Waals surface area (Å²) in [6.45, 7) is 4.04. The Balaban J connectivity index is 1.34. The number of fused-ring (bicyclic) bond motifs is 1. The highest BCUT2D eigenvalue weighted by molar-refractivity contribution is 7.17. The highest BCUT2D eigenvalue weighted by atomic mass is 35.5. The molecule has 3 heterocycles. The molecule has 8 nitrogen and oxygen atoms in total. The first-order valence-corrected chi connectivity index (χ1v) is 12.8. The summed E-state index contributed by atoms with van der Waals surface area (Å²) in [4.78, 5) is 33.7. The standard InChI is InChI=1S/C25H22ClF3N4O4S/c1-25(2,32-24(35)36)12-7-16(11-3-5-13(27)6-4-11)30-17(8-12)37-19-14-9-33(10-15(14)19)22(34)20-18(21(28)29)31-23(26)38-20/h3-8,14-15,19,21,32H,9-10H2,1-2H3,(H,35,36)/t14-,15+,19-. The van der Waals surface area contributed by atoms with E-state index in [1.165, 1.54) is 17.0 Å². The van der Waals surface area contributed by atoms with Crippen LogP contribution < -0.4 is 10.1 Å². The Bertz CT molecular complexity index is 1390. The van der Waals surface area contributed by atoms with Gasteiger partial charge in [-0.25, -0.2) is 27.9 Å². The molecule has 0 spiro atoms. The summed E-state index contributed by atoms with van der Waals surface area (Å²) in [6, 6.07) is 9.10. The molecule has 1 saturated carbocycles. The van der Waals surface area contributed by atoms with Gasteiger partial charge in [-0.1, -0.05) is 22.9 Å². The average molecular weight is 567 g/mol. The first kappa shape index (κ1) is 26.2. The van der Waals surface area contributed by atoms with Gasteiger partial charge in [-0.05, 0) is 49.7 Å². The number of nitrogens with one attached hydrogen (secondary N) is 1. The van der Waals surface area contributed by atoms with Crippen molar-refractivity contribution < 1.29 is 32.6 Å². The number of thiazole rings is 1. The molecule has 3 atom stereocenters. The van der Waals surface area contributed by atoms with Gasteiger partial charge in [-0.15, -0.1) is 0 Å². The Labute approximate surface area is 224 Å². The number of carboxylic acid groups (broad SMARTS) is 1. The van der Waals surface area contributed by atoms with E-state index in [1.807, 2.05) is 0 Å². The molecule has 2 aromatic heterocycles. The lowest BCUT2D eigenvalue weighted by molar-refractivity contribution is 0.0743. The number of alkyl halides is 2. The normalized spacial score (nSPS) is 20.4. The number of carbonyl (C=O) groups excluding carboxylic acids is 1. The van der Waals surface area contributed by atoms with Crippen molar-refractivity contribution in [1.82, 2.24) is 20.2 Å². The van der Waals surface area contributed by atoms with Gasteiger partial charge in [-0.2, -0.15) is 0 Å². The van der Waals surface area contributed by atoms with Gasteiger partial charge in [0.15, 0.2) is 4.47 Å². The second kappa shape index (κ2) is 9.73.